The van der Waals surface area contributed by atoms with Crippen LogP contribution in [-0.2, 0) is 11.3 Å². The second-order valence-electron chi connectivity index (χ2n) is 8.98. The van der Waals surface area contributed by atoms with Gasteiger partial charge in [-0.15, -0.1) is 0 Å². The summed E-state index contributed by atoms with van der Waals surface area (Å²) < 4.78 is 28.1. The van der Waals surface area contributed by atoms with Crippen LogP contribution in [0, 0.1) is 5.82 Å². The Morgan fingerprint density at radius 3 is 2.75 bits per heavy atom. The molecule has 1 atom stereocenters. The standard InChI is InChI=1S/C24H27ClFN3O3/c1-24(2,3)32-23(30)28-13-7-8-16(14-28)31-22-27-20-11-4-5-12-21(20)29(22)15-17-18(25)9-6-10-19(17)26/h4-6,9-12,16H,7-8,13-15H2,1-3H3/t16-/m0/s1. The molecule has 4 rings (SSSR count). The molecule has 0 saturated carbocycles. The average Bonchev–Trinajstić information content (AvgIpc) is 3.06. The van der Waals surface area contributed by atoms with Gasteiger partial charge in [0.25, 0.3) is 6.01 Å². The van der Waals surface area contributed by atoms with Crippen LogP contribution >= 0.6 is 11.6 Å². The van der Waals surface area contributed by atoms with Gasteiger partial charge in [-0.3, -0.25) is 4.57 Å². The van der Waals surface area contributed by atoms with Crippen LogP contribution in [0.25, 0.3) is 11.0 Å². The third-order valence-corrected chi connectivity index (χ3v) is 5.65. The third kappa shape index (κ3) is 4.99. The van der Waals surface area contributed by atoms with Crippen LogP contribution in [0.5, 0.6) is 6.01 Å². The molecule has 1 saturated heterocycles. The molecule has 2 aromatic carbocycles. The summed E-state index contributed by atoms with van der Waals surface area (Å²) in [5, 5.41) is 0.350. The average molecular weight is 460 g/mol. The van der Waals surface area contributed by atoms with Gasteiger partial charge in [0.05, 0.1) is 24.1 Å². The molecule has 1 aliphatic heterocycles. The van der Waals surface area contributed by atoms with Gasteiger partial charge >= 0.3 is 6.09 Å². The molecule has 8 heteroatoms. The van der Waals surface area contributed by atoms with Crippen LogP contribution < -0.4 is 4.74 Å². The molecule has 3 aromatic rings. The predicted molar refractivity (Wildman–Crippen MR) is 122 cm³/mol. The molecule has 1 amide bonds. The summed E-state index contributed by atoms with van der Waals surface area (Å²) in [7, 11) is 0. The SMILES string of the molecule is CC(C)(C)OC(=O)N1CCC[C@H](Oc2nc3ccccc3n2Cc2c(F)cccc2Cl)C1. The van der Waals surface area contributed by atoms with E-state index in [1.807, 2.05) is 49.6 Å². The first-order valence-corrected chi connectivity index (χ1v) is 11.1. The first kappa shape index (κ1) is 22.4. The van der Waals surface area contributed by atoms with Crippen LogP contribution in [0.3, 0.4) is 0 Å². The molecule has 1 fully saturated rings. The monoisotopic (exact) mass is 459 g/mol. The van der Waals surface area contributed by atoms with E-state index in [0.717, 1.165) is 23.9 Å². The van der Waals surface area contributed by atoms with Crippen molar-refractivity contribution in [3.63, 3.8) is 0 Å². The normalized spacial score (nSPS) is 16.9. The van der Waals surface area contributed by atoms with E-state index in [1.165, 1.54) is 6.07 Å². The molecular weight excluding hydrogens is 433 g/mol. The second-order valence-corrected chi connectivity index (χ2v) is 9.39. The number of carbonyl (C=O) groups is 1. The topological polar surface area (TPSA) is 56.6 Å². The van der Waals surface area contributed by atoms with E-state index in [2.05, 4.69) is 4.98 Å². The lowest BCUT2D eigenvalue weighted by molar-refractivity contribution is 0.00625. The Morgan fingerprint density at radius 1 is 1.22 bits per heavy atom. The largest absolute Gasteiger partial charge is 0.459 e. The van der Waals surface area contributed by atoms with Crippen molar-refractivity contribution in [3.05, 3.63) is 58.9 Å². The number of likely N-dealkylation sites (tertiary alicyclic amines) is 1. The highest BCUT2D eigenvalue weighted by Crippen LogP contribution is 2.28. The zero-order chi connectivity index (χ0) is 22.9. The van der Waals surface area contributed by atoms with Crippen molar-refractivity contribution >= 4 is 28.7 Å². The number of hydrogen-bond donors (Lipinski definition) is 0. The van der Waals surface area contributed by atoms with Crippen molar-refractivity contribution in [3.8, 4) is 6.01 Å². The highest BCUT2D eigenvalue weighted by Gasteiger charge is 2.29. The fourth-order valence-corrected chi connectivity index (χ4v) is 4.04. The van der Waals surface area contributed by atoms with Crippen molar-refractivity contribution in [2.45, 2.75) is 51.9 Å². The summed E-state index contributed by atoms with van der Waals surface area (Å²) in [4.78, 5) is 18.8. The van der Waals surface area contributed by atoms with Gasteiger partial charge < -0.3 is 14.4 Å². The summed E-state index contributed by atoms with van der Waals surface area (Å²) in [5.74, 6) is -0.380. The lowest BCUT2D eigenvalue weighted by Crippen LogP contribution is -2.46. The number of ether oxygens (including phenoxy) is 2. The van der Waals surface area contributed by atoms with Crippen LogP contribution in [0.1, 0.15) is 39.2 Å². The molecule has 1 aliphatic rings. The maximum atomic E-state index is 14.5. The van der Waals surface area contributed by atoms with E-state index in [4.69, 9.17) is 21.1 Å². The zero-order valence-electron chi connectivity index (χ0n) is 18.5. The molecular formula is C24H27ClFN3O3. The summed E-state index contributed by atoms with van der Waals surface area (Å²) >= 11 is 6.28. The highest BCUT2D eigenvalue weighted by molar-refractivity contribution is 6.31. The molecule has 32 heavy (non-hydrogen) atoms. The minimum atomic E-state index is -0.558. The van der Waals surface area contributed by atoms with E-state index in [-0.39, 0.29) is 24.6 Å². The molecule has 1 aromatic heterocycles. The Kier molecular flexibility index (Phi) is 6.29. The van der Waals surface area contributed by atoms with Crippen molar-refractivity contribution in [2.24, 2.45) is 0 Å². The number of benzene rings is 2. The van der Waals surface area contributed by atoms with E-state index < -0.39 is 5.60 Å². The van der Waals surface area contributed by atoms with Crippen LogP contribution in [0.15, 0.2) is 42.5 Å². The Morgan fingerprint density at radius 2 is 2.00 bits per heavy atom. The van der Waals surface area contributed by atoms with Crippen LogP contribution in [0.2, 0.25) is 5.02 Å². The number of aromatic nitrogens is 2. The quantitative estimate of drug-likeness (QED) is 0.505. The lowest BCUT2D eigenvalue weighted by Gasteiger charge is -2.34. The summed E-state index contributed by atoms with van der Waals surface area (Å²) in [6.07, 6.45) is 0.979. The van der Waals surface area contributed by atoms with Gasteiger partial charge in [0.1, 0.15) is 17.5 Å². The summed E-state index contributed by atoms with van der Waals surface area (Å²) in [6.45, 7) is 6.75. The van der Waals surface area contributed by atoms with E-state index >= 15 is 0 Å². The number of amides is 1. The first-order valence-electron chi connectivity index (χ1n) is 10.7. The van der Waals surface area contributed by atoms with Crippen molar-refractivity contribution in [1.82, 2.24) is 14.5 Å². The Labute approximate surface area is 191 Å². The van der Waals surface area contributed by atoms with Crippen LogP contribution in [-0.4, -0.2) is 45.3 Å². The minimum Gasteiger partial charge on any atom is -0.459 e. The fraction of sp³-hybridized carbons (Fsp3) is 0.417. The molecule has 0 spiro atoms. The van der Waals surface area contributed by atoms with Crippen molar-refractivity contribution < 1.29 is 18.7 Å². The van der Waals surface area contributed by atoms with Gasteiger partial charge in [-0.1, -0.05) is 29.8 Å². The predicted octanol–water partition coefficient (Wildman–Crippen LogP) is 5.66. The van der Waals surface area contributed by atoms with Gasteiger partial charge in [-0.05, 0) is 57.9 Å². The van der Waals surface area contributed by atoms with Gasteiger partial charge in [0.2, 0.25) is 0 Å². The smallest absolute Gasteiger partial charge is 0.410 e. The number of hydrogen-bond acceptors (Lipinski definition) is 4. The van der Waals surface area contributed by atoms with Crippen molar-refractivity contribution in [1.29, 1.82) is 0 Å². The maximum Gasteiger partial charge on any atom is 0.410 e. The maximum absolute atomic E-state index is 14.5. The number of rotatable bonds is 4. The number of fused-ring (bicyclic) bond motifs is 1. The van der Waals surface area contributed by atoms with Gasteiger partial charge in [-0.2, -0.15) is 4.98 Å². The molecule has 0 unspecified atom stereocenters. The minimum absolute atomic E-state index is 0.184. The van der Waals surface area contributed by atoms with Gasteiger partial charge in [0.15, 0.2) is 0 Å². The Balaban J connectivity index is 1.59. The summed E-state index contributed by atoms with van der Waals surface area (Å²) in [6, 6.07) is 12.6. The fourth-order valence-electron chi connectivity index (χ4n) is 3.81. The summed E-state index contributed by atoms with van der Waals surface area (Å²) in [5.41, 5.74) is 1.38. The highest BCUT2D eigenvalue weighted by atomic mass is 35.5. The van der Waals surface area contributed by atoms with E-state index in [1.54, 1.807) is 17.0 Å². The molecule has 0 aliphatic carbocycles. The number of para-hydroxylation sites is 2. The first-order chi connectivity index (χ1) is 15.2. The zero-order valence-corrected chi connectivity index (χ0v) is 19.2. The number of imidazole rings is 1. The Hall–Kier alpha value is -2.80. The molecule has 0 bridgehead atoms. The van der Waals surface area contributed by atoms with E-state index in [0.29, 0.717) is 29.7 Å². The second kappa shape index (κ2) is 8.98. The lowest BCUT2D eigenvalue weighted by atomic mass is 10.1. The van der Waals surface area contributed by atoms with E-state index in [9.17, 15) is 9.18 Å². The van der Waals surface area contributed by atoms with Crippen LogP contribution in [0.4, 0.5) is 9.18 Å². The Bertz CT molecular complexity index is 1110. The number of nitrogens with zero attached hydrogens (tertiary/aromatic N) is 3. The molecule has 2 heterocycles. The number of piperidine rings is 1. The molecule has 170 valence electrons. The third-order valence-electron chi connectivity index (χ3n) is 5.30. The van der Waals surface area contributed by atoms with Crippen molar-refractivity contribution in [2.75, 3.05) is 13.1 Å². The molecule has 0 N–H and O–H groups in total. The van der Waals surface area contributed by atoms with Gasteiger partial charge in [0, 0.05) is 17.1 Å². The number of halogens is 2. The molecule has 6 nitrogen and oxygen atoms in total. The molecule has 0 radical (unpaired) electrons. The van der Waals surface area contributed by atoms with Gasteiger partial charge in [-0.25, -0.2) is 9.18 Å². The number of carbonyl (C=O) groups excluding carboxylic acids is 1.